The monoisotopic (exact) mass is 236 g/mol. The standard InChI is InChI=1S/C5H2Cl2N4O3/c6-3-2(11(13)14)4(7)10-5(9-3)8-1-12/h1H,(H,8,9,10,12). The minimum absolute atomic E-state index is 0.194. The lowest BCUT2D eigenvalue weighted by atomic mass is 10.5. The molecule has 0 saturated carbocycles. The van der Waals surface area contributed by atoms with Gasteiger partial charge in [0, 0.05) is 0 Å². The van der Waals surface area contributed by atoms with Gasteiger partial charge in [0.1, 0.15) is 0 Å². The van der Waals surface area contributed by atoms with E-state index < -0.39 is 20.9 Å². The molecule has 0 aliphatic heterocycles. The molecule has 0 saturated heterocycles. The molecule has 74 valence electrons. The van der Waals surface area contributed by atoms with Gasteiger partial charge in [0.05, 0.1) is 4.92 Å². The lowest BCUT2D eigenvalue weighted by Crippen LogP contribution is -2.03. The van der Waals surface area contributed by atoms with E-state index in [1.165, 1.54) is 0 Å². The van der Waals surface area contributed by atoms with Gasteiger partial charge in [0.15, 0.2) is 0 Å². The molecule has 0 radical (unpaired) electrons. The summed E-state index contributed by atoms with van der Waals surface area (Å²) in [5, 5.41) is 11.6. The largest absolute Gasteiger partial charge is 0.343 e. The van der Waals surface area contributed by atoms with Crippen LogP contribution in [0.1, 0.15) is 0 Å². The Morgan fingerprint density at radius 3 is 2.21 bits per heavy atom. The number of amides is 1. The molecule has 0 atom stereocenters. The predicted octanol–water partition coefficient (Wildman–Crippen LogP) is 1.26. The number of nitro groups is 1. The highest BCUT2D eigenvalue weighted by Crippen LogP contribution is 2.29. The molecule has 0 bridgehead atoms. The van der Waals surface area contributed by atoms with Gasteiger partial charge >= 0.3 is 5.69 Å². The summed E-state index contributed by atoms with van der Waals surface area (Å²) in [6.45, 7) is 0. The van der Waals surface area contributed by atoms with Crippen molar-refractivity contribution >= 4 is 41.2 Å². The molecule has 0 aliphatic carbocycles. The van der Waals surface area contributed by atoms with Crippen molar-refractivity contribution in [2.45, 2.75) is 0 Å². The Labute approximate surface area is 87.2 Å². The number of carbonyl (C=O) groups is 1. The van der Waals surface area contributed by atoms with E-state index in [0.717, 1.165) is 0 Å². The van der Waals surface area contributed by atoms with E-state index >= 15 is 0 Å². The Hall–Kier alpha value is -1.47. The zero-order chi connectivity index (χ0) is 10.7. The number of aromatic nitrogens is 2. The molecule has 0 unspecified atom stereocenters. The van der Waals surface area contributed by atoms with Gasteiger partial charge in [-0.2, -0.15) is 9.97 Å². The second-order valence-electron chi connectivity index (χ2n) is 2.00. The quantitative estimate of drug-likeness (QED) is 0.369. The number of carbonyl (C=O) groups excluding carboxylic acids is 1. The summed E-state index contributed by atoms with van der Waals surface area (Å²) < 4.78 is 0. The average molecular weight is 237 g/mol. The van der Waals surface area contributed by atoms with Gasteiger partial charge in [-0.15, -0.1) is 0 Å². The Kier molecular flexibility index (Phi) is 3.15. The van der Waals surface area contributed by atoms with E-state index in [1.54, 1.807) is 0 Å². The van der Waals surface area contributed by atoms with Gasteiger partial charge in [-0.1, -0.05) is 23.2 Å². The molecule has 1 rings (SSSR count). The summed E-state index contributed by atoms with van der Waals surface area (Å²) in [5.41, 5.74) is -0.593. The van der Waals surface area contributed by atoms with Crippen LogP contribution in [0.25, 0.3) is 0 Å². The molecular formula is C5H2Cl2N4O3. The fraction of sp³-hybridized carbons (Fsp3) is 0. The highest BCUT2D eigenvalue weighted by molar-refractivity contribution is 6.36. The van der Waals surface area contributed by atoms with Crippen LogP contribution >= 0.6 is 23.2 Å². The summed E-state index contributed by atoms with van der Waals surface area (Å²) >= 11 is 10.9. The number of nitrogens with zero attached hydrogens (tertiary/aromatic N) is 3. The minimum Gasteiger partial charge on any atom is -0.297 e. The molecule has 14 heavy (non-hydrogen) atoms. The second kappa shape index (κ2) is 4.16. The highest BCUT2D eigenvalue weighted by atomic mass is 35.5. The van der Waals surface area contributed by atoms with Gasteiger partial charge < -0.3 is 0 Å². The second-order valence-corrected chi connectivity index (χ2v) is 2.71. The average Bonchev–Trinajstić information content (AvgIpc) is 2.01. The van der Waals surface area contributed by atoms with E-state index in [2.05, 4.69) is 15.3 Å². The van der Waals surface area contributed by atoms with Crippen molar-refractivity contribution < 1.29 is 9.72 Å². The van der Waals surface area contributed by atoms with Crippen molar-refractivity contribution in [3.8, 4) is 0 Å². The van der Waals surface area contributed by atoms with E-state index in [4.69, 9.17) is 23.2 Å². The maximum atomic E-state index is 10.4. The first kappa shape index (κ1) is 10.6. The van der Waals surface area contributed by atoms with Gasteiger partial charge in [-0.25, -0.2) is 0 Å². The predicted molar refractivity (Wildman–Crippen MR) is 48.4 cm³/mol. The van der Waals surface area contributed by atoms with Crippen LogP contribution in [0, 0.1) is 10.1 Å². The number of anilines is 1. The Bertz CT molecular complexity index is 374. The third kappa shape index (κ3) is 2.06. The minimum atomic E-state index is -0.810. The van der Waals surface area contributed by atoms with Crippen molar-refractivity contribution in [3.63, 3.8) is 0 Å². The number of nitrogens with one attached hydrogen (secondary N) is 1. The first-order valence-corrected chi connectivity index (χ1v) is 3.89. The van der Waals surface area contributed by atoms with Crippen LogP contribution in [0.4, 0.5) is 11.6 Å². The molecule has 1 heterocycles. The van der Waals surface area contributed by atoms with Crippen molar-refractivity contribution in [1.29, 1.82) is 0 Å². The summed E-state index contributed by atoms with van der Waals surface area (Å²) in [4.78, 5) is 26.4. The van der Waals surface area contributed by atoms with Crippen LogP contribution in [0.2, 0.25) is 10.3 Å². The summed E-state index contributed by atoms with van der Waals surface area (Å²) in [5.74, 6) is -0.194. The molecular weight excluding hydrogens is 235 g/mol. The third-order valence-electron chi connectivity index (χ3n) is 1.17. The molecule has 1 aromatic heterocycles. The van der Waals surface area contributed by atoms with Crippen molar-refractivity contribution in [1.82, 2.24) is 9.97 Å². The molecule has 7 nitrogen and oxygen atoms in total. The Balaban J connectivity index is 3.24. The topological polar surface area (TPSA) is 98.0 Å². The highest BCUT2D eigenvalue weighted by Gasteiger charge is 2.21. The zero-order valence-corrected chi connectivity index (χ0v) is 7.91. The molecule has 1 amide bonds. The van der Waals surface area contributed by atoms with Crippen LogP contribution in [-0.2, 0) is 4.79 Å². The summed E-state index contributed by atoms with van der Waals surface area (Å²) in [7, 11) is 0. The lowest BCUT2D eigenvalue weighted by molar-refractivity contribution is -0.385. The first-order valence-electron chi connectivity index (χ1n) is 3.14. The number of rotatable bonds is 3. The number of hydrogen-bond acceptors (Lipinski definition) is 5. The Morgan fingerprint density at radius 1 is 1.36 bits per heavy atom. The zero-order valence-electron chi connectivity index (χ0n) is 6.40. The molecule has 0 spiro atoms. The molecule has 0 fully saturated rings. The van der Waals surface area contributed by atoms with Gasteiger partial charge in [0.2, 0.25) is 22.7 Å². The van der Waals surface area contributed by atoms with Gasteiger partial charge in [-0.05, 0) is 0 Å². The first-order chi connectivity index (χ1) is 6.56. The number of halogens is 2. The summed E-state index contributed by atoms with van der Waals surface area (Å²) in [6, 6.07) is 0. The van der Waals surface area contributed by atoms with Crippen LogP contribution < -0.4 is 5.32 Å². The van der Waals surface area contributed by atoms with Crippen molar-refractivity contribution in [2.75, 3.05) is 5.32 Å². The SMILES string of the molecule is O=CNc1nc(Cl)c([N+](=O)[O-])c(Cl)n1. The van der Waals surface area contributed by atoms with Gasteiger partial charge in [0.25, 0.3) is 0 Å². The third-order valence-corrected chi connectivity index (χ3v) is 1.70. The lowest BCUT2D eigenvalue weighted by Gasteiger charge is -1.99. The fourth-order valence-corrected chi connectivity index (χ4v) is 1.20. The van der Waals surface area contributed by atoms with Crippen molar-refractivity contribution in [3.05, 3.63) is 20.4 Å². The van der Waals surface area contributed by atoms with Crippen LogP contribution in [-0.4, -0.2) is 21.3 Å². The van der Waals surface area contributed by atoms with Crippen LogP contribution in [0.3, 0.4) is 0 Å². The van der Waals surface area contributed by atoms with Crippen molar-refractivity contribution in [2.24, 2.45) is 0 Å². The maximum absolute atomic E-state index is 10.4. The molecule has 1 N–H and O–H groups in total. The van der Waals surface area contributed by atoms with E-state index in [-0.39, 0.29) is 5.95 Å². The van der Waals surface area contributed by atoms with Crippen LogP contribution in [0.5, 0.6) is 0 Å². The smallest absolute Gasteiger partial charge is 0.297 e. The molecule has 0 aromatic carbocycles. The summed E-state index contributed by atoms with van der Waals surface area (Å²) in [6.07, 6.45) is 0.299. The van der Waals surface area contributed by atoms with E-state index in [9.17, 15) is 14.9 Å². The normalized spacial score (nSPS) is 9.57. The molecule has 0 aliphatic rings. The Morgan fingerprint density at radius 2 is 1.86 bits per heavy atom. The van der Waals surface area contributed by atoms with E-state index in [0.29, 0.717) is 6.41 Å². The fourth-order valence-electron chi connectivity index (χ4n) is 0.670. The van der Waals surface area contributed by atoms with E-state index in [1.807, 2.05) is 0 Å². The maximum Gasteiger partial charge on any atom is 0.343 e. The molecule has 1 aromatic rings. The van der Waals surface area contributed by atoms with Crippen LogP contribution in [0.15, 0.2) is 0 Å². The molecule has 9 heteroatoms. The van der Waals surface area contributed by atoms with Gasteiger partial charge in [-0.3, -0.25) is 20.2 Å². The number of hydrogen-bond donors (Lipinski definition) is 1.